The monoisotopic (exact) mass is 548 g/mol. The van der Waals surface area contributed by atoms with Gasteiger partial charge in [0.15, 0.2) is 5.84 Å². The molecule has 0 saturated heterocycles. The Labute approximate surface area is 214 Å². The minimum absolute atomic E-state index is 0.0346. The molecule has 10 nitrogen and oxygen atoms in total. The molecule has 0 radical (unpaired) electrons. The van der Waals surface area contributed by atoms with Gasteiger partial charge in [-0.3, -0.25) is 9.52 Å². The lowest BCUT2D eigenvalue weighted by Gasteiger charge is -2.44. The highest BCUT2D eigenvalue weighted by Gasteiger charge is 2.45. The highest BCUT2D eigenvalue weighted by Crippen LogP contribution is 2.41. The molecule has 2 aromatic carbocycles. The van der Waals surface area contributed by atoms with E-state index in [-0.39, 0.29) is 46.0 Å². The minimum atomic E-state index is -4.35. The molecule has 13 heteroatoms. The Kier molecular flexibility index (Phi) is 6.23. The van der Waals surface area contributed by atoms with Gasteiger partial charge in [0, 0.05) is 24.2 Å². The third kappa shape index (κ3) is 4.92. The molecule has 0 aromatic heterocycles. The lowest BCUT2D eigenvalue weighted by Crippen LogP contribution is -2.52. The normalized spacial score (nSPS) is 23.0. The Morgan fingerprint density at radius 2 is 1.95 bits per heavy atom. The van der Waals surface area contributed by atoms with Gasteiger partial charge in [0.2, 0.25) is 10.0 Å². The number of aliphatic hydroxyl groups excluding tert-OH is 1. The Balaban J connectivity index is 1.55. The number of amides is 1. The van der Waals surface area contributed by atoms with Gasteiger partial charge in [0.25, 0.3) is 15.9 Å². The molecular weight excluding hydrogens is 523 g/mol. The molecule has 0 bridgehead atoms. The zero-order chi connectivity index (χ0) is 26.5. The van der Waals surface area contributed by atoms with Gasteiger partial charge >= 0.3 is 0 Å². The molecule has 1 amide bonds. The third-order valence-corrected chi connectivity index (χ3v) is 8.64. The average Bonchev–Trinajstić information content (AvgIpc) is 2.81. The molecule has 0 spiro atoms. The number of hydrogen-bond acceptors (Lipinski definition) is 7. The van der Waals surface area contributed by atoms with Crippen molar-refractivity contribution in [2.75, 3.05) is 16.3 Å². The summed E-state index contributed by atoms with van der Waals surface area (Å²) in [5, 5.41) is 14.0. The maximum atomic E-state index is 13.8. The Morgan fingerprint density at radius 3 is 2.68 bits per heavy atom. The highest BCUT2D eigenvalue weighted by atomic mass is 32.2. The molecule has 1 aliphatic carbocycles. The third-order valence-electron chi connectivity index (χ3n) is 6.72. The number of halogens is 1. The molecule has 3 aliphatic rings. The number of anilines is 2. The second kappa shape index (κ2) is 9.14. The number of amidine groups is 1. The molecule has 3 N–H and O–H groups in total. The van der Waals surface area contributed by atoms with Gasteiger partial charge in [-0.1, -0.05) is 25.0 Å². The summed E-state index contributed by atoms with van der Waals surface area (Å²) in [6.45, 7) is 0.0890. The van der Waals surface area contributed by atoms with Crippen LogP contribution in [0.5, 0.6) is 0 Å². The minimum Gasteiger partial charge on any atom is -0.511 e. The van der Waals surface area contributed by atoms with Crippen LogP contribution in [0.1, 0.15) is 31.2 Å². The fourth-order valence-electron chi connectivity index (χ4n) is 5.18. The molecule has 1 fully saturated rings. The predicted molar refractivity (Wildman–Crippen MR) is 136 cm³/mol. The molecule has 0 unspecified atom stereocenters. The van der Waals surface area contributed by atoms with Crippen LogP contribution < -0.4 is 10.0 Å². The number of nitrogens with zero attached hydrogens (tertiary/aromatic N) is 2. The van der Waals surface area contributed by atoms with E-state index in [0.29, 0.717) is 18.4 Å². The smallest absolute Gasteiger partial charge is 0.286 e. The van der Waals surface area contributed by atoms with E-state index in [1.807, 2.05) is 0 Å². The fraction of sp³-hybridized carbons (Fsp3) is 0.333. The van der Waals surface area contributed by atoms with Gasteiger partial charge < -0.3 is 15.3 Å². The largest absolute Gasteiger partial charge is 0.511 e. The fourth-order valence-corrected chi connectivity index (χ4v) is 6.88. The molecule has 1 saturated carbocycles. The Hall–Kier alpha value is -3.45. The van der Waals surface area contributed by atoms with Crippen LogP contribution >= 0.6 is 0 Å². The summed E-state index contributed by atoms with van der Waals surface area (Å²) < 4.78 is 69.1. The number of benzene rings is 2. The van der Waals surface area contributed by atoms with E-state index < -0.39 is 37.7 Å². The topological polar surface area (TPSA) is 145 Å². The molecule has 2 aromatic rings. The summed E-state index contributed by atoms with van der Waals surface area (Å²) in [6.07, 6.45) is 3.89. The van der Waals surface area contributed by atoms with Crippen LogP contribution in [0.4, 0.5) is 15.8 Å². The standard InChI is InChI=1S/C24H25FN4O6S2/c1-36(32,33)27-16-9-10-18-20(12-16)37(34,35)28-23(26-18)21-22(30)17-7-2-3-8-19(17)29(24(21)31)13-14-5-4-6-15(25)11-14/h4-6,9-12,17,19,27,30H,2-3,7-8,13H2,1H3,(H,26,28)/t17-,19+/m1/s1. The van der Waals surface area contributed by atoms with Gasteiger partial charge in [0.1, 0.15) is 22.0 Å². The first-order valence-electron chi connectivity index (χ1n) is 11.7. The summed E-state index contributed by atoms with van der Waals surface area (Å²) in [7, 11) is -8.00. The average molecular weight is 549 g/mol. The summed E-state index contributed by atoms with van der Waals surface area (Å²) in [4.78, 5) is 15.0. The predicted octanol–water partition coefficient (Wildman–Crippen LogP) is 3.12. The van der Waals surface area contributed by atoms with Gasteiger partial charge in [-0.05, 0) is 48.7 Å². The van der Waals surface area contributed by atoms with Crippen molar-refractivity contribution < 1.29 is 31.1 Å². The number of fused-ring (bicyclic) bond motifs is 2. The summed E-state index contributed by atoms with van der Waals surface area (Å²) in [5.74, 6) is -1.99. The molecule has 196 valence electrons. The number of aliphatic hydroxyl groups is 1. The summed E-state index contributed by atoms with van der Waals surface area (Å²) in [5.41, 5.74) is 0.444. The second-order valence-electron chi connectivity index (χ2n) is 9.41. The van der Waals surface area contributed by atoms with E-state index in [0.717, 1.165) is 25.2 Å². The maximum absolute atomic E-state index is 13.8. The molecule has 2 atom stereocenters. The number of rotatable bonds is 5. The van der Waals surface area contributed by atoms with Crippen LogP contribution in [0, 0.1) is 11.7 Å². The first kappa shape index (κ1) is 25.2. The van der Waals surface area contributed by atoms with Crippen LogP contribution in [-0.2, 0) is 31.4 Å². The van der Waals surface area contributed by atoms with Crippen molar-refractivity contribution in [1.29, 1.82) is 0 Å². The zero-order valence-electron chi connectivity index (χ0n) is 19.8. The van der Waals surface area contributed by atoms with Crippen LogP contribution in [0.25, 0.3) is 0 Å². The van der Waals surface area contributed by atoms with E-state index in [9.17, 15) is 31.1 Å². The van der Waals surface area contributed by atoms with Crippen molar-refractivity contribution in [3.63, 3.8) is 0 Å². The molecule has 2 aliphatic heterocycles. The van der Waals surface area contributed by atoms with Crippen LogP contribution in [0.15, 0.2) is 63.1 Å². The van der Waals surface area contributed by atoms with E-state index in [1.165, 1.54) is 24.3 Å². The van der Waals surface area contributed by atoms with Crippen molar-refractivity contribution in [3.05, 3.63) is 65.2 Å². The van der Waals surface area contributed by atoms with Crippen molar-refractivity contribution in [2.45, 2.75) is 43.2 Å². The van der Waals surface area contributed by atoms with Crippen molar-refractivity contribution in [3.8, 4) is 0 Å². The van der Waals surface area contributed by atoms with E-state index in [4.69, 9.17) is 0 Å². The molecule has 5 rings (SSSR count). The van der Waals surface area contributed by atoms with E-state index in [2.05, 4.69) is 14.4 Å². The molecule has 2 heterocycles. The van der Waals surface area contributed by atoms with Gasteiger partial charge in [0.05, 0.1) is 11.9 Å². The number of sulfonamides is 2. The van der Waals surface area contributed by atoms with Gasteiger partial charge in [-0.2, -0.15) is 8.42 Å². The Bertz CT molecular complexity index is 1570. The van der Waals surface area contributed by atoms with Crippen molar-refractivity contribution in [1.82, 2.24) is 4.90 Å². The van der Waals surface area contributed by atoms with Gasteiger partial charge in [-0.15, -0.1) is 4.40 Å². The first-order valence-corrected chi connectivity index (χ1v) is 15.0. The number of hydrogen-bond donors (Lipinski definition) is 3. The summed E-state index contributed by atoms with van der Waals surface area (Å²) in [6, 6.07) is 9.43. The lowest BCUT2D eigenvalue weighted by molar-refractivity contribution is -0.133. The lowest BCUT2D eigenvalue weighted by atomic mass is 9.78. The number of nitrogens with one attached hydrogen (secondary N) is 2. The maximum Gasteiger partial charge on any atom is 0.286 e. The SMILES string of the molecule is CS(=O)(=O)Nc1ccc2c(c1)S(=O)(=O)N=C(C1=C(O)[C@@H]3CCCC[C@@H]3N(Cc3cccc(F)c3)C1=O)N2. The van der Waals surface area contributed by atoms with Crippen LogP contribution in [0.2, 0.25) is 0 Å². The van der Waals surface area contributed by atoms with Crippen LogP contribution in [0.3, 0.4) is 0 Å². The second-order valence-corrected chi connectivity index (χ2v) is 12.7. The molecular formula is C24H25FN4O6S2. The highest BCUT2D eigenvalue weighted by molar-refractivity contribution is 7.92. The van der Waals surface area contributed by atoms with Crippen molar-refractivity contribution in [2.24, 2.45) is 10.3 Å². The Morgan fingerprint density at radius 1 is 1.19 bits per heavy atom. The zero-order valence-corrected chi connectivity index (χ0v) is 21.4. The van der Waals surface area contributed by atoms with E-state index >= 15 is 0 Å². The number of carbonyl (C=O) groups excluding carboxylic acids is 1. The molecule has 37 heavy (non-hydrogen) atoms. The van der Waals surface area contributed by atoms with Crippen molar-refractivity contribution >= 4 is 43.2 Å². The summed E-state index contributed by atoms with van der Waals surface area (Å²) >= 11 is 0. The quantitative estimate of drug-likeness (QED) is 0.521. The van der Waals surface area contributed by atoms with Crippen LogP contribution in [-0.4, -0.2) is 50.9 Å². The van der Waals surface area contributed by atoms with E-state index in [1.54, 1.807) is 17.0 Å². The van der Waals surface area contributed by atoms with Gasteiger partial charge in [-0.25, -0.2) is 12.8 Å². The number of carbonyl (C=O) groups is 1. The first-order chi connectivity index (χ1) is 17.4.